The summed E-state index contributed by atoms with van der Waals surface area (Å²) in [5.74, 6) is -2.74. The first-order valence-corrected chi connectivity index (χ1v) is 23.8. The fourth-order valence-electron chi connectivity index (χ4n) is 10.7. The monoisotopic (exact) mass is 940 g/mol. The number of nitrogens with one attached hydrogen (secondary N) is 2. The minimum absolute atomic E-state index is 0.0504. The Balaban J connectivity index is 1.78. The smallest absolute Gasteiger partial charge is 0.309 e. The number of rotatable bonds is 11. The Morgan fingerprint density at radius 1 is 0.985 bits per heavy atom. The minimum Gasteiger partial charge on any atom is -0.459 e. The molecule has 4 rings (SSSR count). The SMILES string of the molecule is COC1(C)C[C@@H](C[C@H]2[C@H](C)[C@@H](C)[C@@H](C)C(=O)OC(C)C(C)(O)[C@H](O)[C@@H](C)N(CCNC(=S)Nc3ccc([N+](=O)[O-])cc3)C[C@@H](C)CC2(O)C[C@@H]2O[C@H](C)C[C@H](N(C)C)[C@@H]2O)O[C@@H](C)[C@H]1O. The molecule has 18 atom stereocenters. The molecule has 3 saturated heterocycles. The summed E-state index contributed by atoms with van der Waals surface area (Å²) in [5, 5.41) is 78.4. The number of anilines is 1. The number of carbonyl (C=O) groups excluding carboxylic acids is 1. The zero-order valence-electron chi connectivity index (χ0n) is 41.0. The number of benzene rings is 1. The summed E-state index contributed by atoms with van der Waals surface area (Å²) in [6, 6.07) is 4.95. The third-order valence-corrected chi connectivity index (χ3v) is 15.6. The highest BCUT2D eigenvalue weighted by Gasteiger charge is 2.53. The van der Waals surface area contributed by atoms with Crippen LogP contribution in [0.25, 0.3) is 0 Å². The van der Waals surface area contributed by atoms with E-state index in [1.165, 1.54) is 19.1 Å². The van der Waals surface area contributed by atoms with Gasteiger partial charge in [0.25, 0.3) is 5.69 Å². The van der Waals surface area contributed by atoms with Crippen molar-refractivity contribution in [3.05, 3.63) is 34.4 Å². The number of methoxy groups -OCH3 is 1. The standard InChI is InChI=1S/C47H81N5O12S/c1-26-22-47(58,24-39-40(53)38(50(11)12)20-27(2)62-39)37(21-36-23-45(9,61-13)42(55)32(7)63-36)29(4)28(3)30(5)43(56)64-33(8)46(10,57)41(54)31(6)51(25-26)19-18-48-44(65)49-34-14-16-35(17-15-34)52(59)60/h14-17,26-33,36-42,53-55,57-58H,18-25H2,1-13H3,(H2,48,49,65)/t26-,27+,28+,29+,30+,31+,32-,33?,36+,37-,38-,39-,40-,41+,42+,45?,46?,47?/m0/s1. The van der Waals surface area contributed by atoms with Crippen LogP contribution in [-0.4, -0.2) is 170 Å². The average molecular weight is 940 g/mol. The van der Waals surface area contributed by atoms with E-state index in [1.807, 2.05) is 65.4 Å². The van der Waals surface area contributed by atoms with Crippen molar-refractivity contribution in [3.8, 4) is 0 Å². The molecule has 0 aliphatic carbocycles. The Hall–Kier alpha value is -2.62. The lowest BCUT2D eigenvalue weighted by Gasteiger charge is -2.51. The van der Waals surface area contributed by atoms with E-state index in [1.54, 1.807) is 40.0 Å². The fraction of sp³-hybridized carbons (Fsp3) is 0.830. The molecule has 7 N–H and O–H groups in total. The van der Waals surface area contributed by atoms with Crippen molar-refractivity contribution in [2.45, 2.75) is 179 Å². The summed E-state index contributed by atoms with van der Waals surface area (Å²) in [6.45, 7) is 19.3. The largest absolute Gasteiger partial charge is 0.459 e. The van der Waals surface area contributed by atoms with Crippen molar-refractivity contribution in [1.29, 1.82) is 0 Å². The number of aliphatic hydroxyl groups is 5. The number of cyclic esters (lactones) is 1. The van der Waals surface area contributed by atoms with Crippen LogP contribution >= 0.6 is 12.2 Å². The lowest BCUT2D eigenvalue weighted by atomic mass is 9.63. The van der Waals surface area contributed by atoms with Crippen molar-refractivity contribution in [3.63, 3.8) is 0 Å². The van der Waals surface area contributed by atoms with Gasteiger partial charge in [-0.25, -0.2) is 0 Å². The predicted molar refractivity (Wildman–Crippen MR) is 252 cm³/mol. The van der Waals surface area contributed by atoms with E-state index in [-0.39, 0.29) is 53.5 Å². The van der Waals surface area contributed by atoms with E-state index in [9.17, 15) is 40.4 Å². The van der Waals surface area contributed by atoms with Crippen molar-refractivity contribution >= 4 is 34.7 Å². The van der Waals surface area contributed by atoms with Gasteiger partial charge < -0.3 is 60.0 Å². The molecule has 0 amide bonds. The maximum atomic E-state index is 14.1. The number of nitrogens with zero attached hydrogens (tertiary/aromatic N) is 3. The number of carbonyl (C=O) groups is 1. The third-order valence-electron chi connectivity index (χ3n) is 15.4. The number of aliphatic hydroxyl groups excluding tert-OH is 3. The average Bonchev–Trinajstić information content (AvgIpc) is 3.23. The van der Waals surface area contributed by atoms with Gasteiger partial charge in [-0.2, -0.15) is 0 Å². The molecule has 0 spiro atoms. The zero-order chi connectivity index (χ0) is 48.9. The molecule has 3 aliphatic heterocycles. The second kappa shape index (κ2) is 22.7. The van der Waals surface area contributed by atoms with Crippen LogP contribution in [0.4, 0.5) is 11.4 Å². The van der Waals surface area contributed by atoms with Gasteiger partial charge in [0.05, 0.1) is 52.6 Å². The van der Waals surface area contributed by atoms with Crippen LogP contribution in [0.3, 0.4) is 0 Å². The van der Waals surface area contributed by atoms with Crippen LogP contribution in [0.5, 0.6) is 0 Å². The molecular formula is C47H81N5O12S. The Morgan fingerprint density at radius 3 is 2.20 bits per heavy atom. The number of esters is 1. The molecule has 3 heterocycles. The summed E-state index contributed by atoms with van der Waals surface area (Å²) in [4.78, 5) is 28.8. The summed E-state index contributed by atoms with van der Waals surface area (Å²) < 4.78 is 24.9. The van der Waals surface area contributed by atoms with E-state index >= 15 is 0 Å². The lowest BCUT2D eigenvalue weighted by molar-refractivity contribution is -0.384. The molecule has 3 fully saturated rings. The molecule has 0 aromatic heterocycles. The van der Waals surface area contributed by atoms with Gasteiger partial charge in [0.2, 0.25) is 0 Å². The van der Waals surface area contributed by atoms with Crippen molar-refractivity contribution in [2.75, 3.05) is 46.2 Å². The number of nitro benzene ring substituents is 1. The van der Waals surface area contributed by atoms with E-state index < -0.39 is 88.3 Å². The first-order valence-electron chi connectivity index (χ1n) is 23.4. The molecule has 0 bridgehead atoms. The van der Waals surface area contributed by atoms with Gasteiger partial charge in [-0.3, -0.25) is 19.8 Å². The highest BCUT2D eigenvalue weighted by atomic mass is 32.1. The van der Waals surface area contributed by atoms with Crippen LogP contribution in [-0.2, 0) is 23.7 Å². The molecule has 17 nitrogen and oxygen atoms in total. The van der Waals surface area contributed by atoms with Crippen molar-refractivity contribution < 1.29 is 54.2 Å². The van der Waals surface area contributed by atoms with Gasteiger partial charge in [0.1, 0.15) is 23.9 Å². The van der Waals surface area contributed by atoms with E-state index in [0.29, 0.717) is 44.6 Å². The normalized spacial score (nSPS) is 41.8. The molecule has 372 valence electrons. The fourth-order valence-corrected chi connectivity index (χ4v) is 10.9. The zero-order valence-corrected chi connectivity index (χ0v) is 41.8. The maximum absolute atomic E-state index is 14.1. The molecule has 0 saturated carbocycles. The van der Waals surface area contributed by atoms with Gasteiger partial charge >= 0.3 is 5.97 Å². The number of thiocarbonyl (C=S) groups is 1. The molecule has 1 aromatic rings. The van der Waals surface area contributed by atoms with Crippen molar-refractivity contribution in [2.24, 2.45) is 29.6 Å². The number of likely N-dealkylation sites (N-methyl/N-ethyl adjacent to an activating group) is 1. The third kappa shape index (κ3) is 13.3. The van der Waals surface area contributed by atoms with E-state index in [0.717, 1.165) is 0 Å². The molecule has 3 aliphatic rings. The highest BCUT2D eigenvalue weighted by Crippen LogP contribution is 2.47. The number of ether oxygens (including phenoxy) is 4. The second-order valence-electron chi connectivity index (χ2n) is 20.5. The number of hydrogen-bond acceptors (Lipinski definition) is 15. The predicted octanol–water partition coefficient (Wildman–Crippen LogP) is 4.10. The number of hydrogen-bond donors (Lipinski definition) is 7. The quantitative estimate of drug-likeness (QED) is 0.0717. The highest BCUT2D eigenvalue weighted by molar-refractivity contribution is 7.80. The maximum Gasteiger partial charge on any atom is 0.309 e. The first kappa shape index (κ1) is 55.0. The summed E-state index contributed by atoms with van der Waals surface area (Å²) in [5.41, 5.74) is -3.81. The van der Waals surface area contributed by atoms with Crippen molar-refractivity contribution in [1.82, 2.24) is 15.1 Å². The van der Waals surface area contributed by atoms with Crippen LogP contribution in [0.1, 0.15) is 101 Å². The topological polar surface area (TPSA) is 229 Å². The summed E-state index contributed by atoms with van der Waals surface area (Å²) in [6.07, 6.45) is -4.64. The van der Waals surface area contributed by atoms with Gasteiger partial charge in [-0.1, -0.05) is 27.7 Å². The van der Waals surface area contributed by atoms with Gasteiger partial charge in [-0.15, -0.1) is 0 Å². The van der Waals surface area contributed by atoms with E-state index in [2.05, 4.69) is 10.6 Å². The molecule has 0 radical (unpaired) electrons. The van der Waals surface area contributed by atoms with Crippen LogP contribution in [0.15, 0.2) is 24.3 Å². The Bertz CT molecular complexity index is 1730. The van der Waals surface area contributed by atoms with Crippen LogP contribution in [0, 0.1) is 39.7 Å². The first-order chi connectivity index (χ1) is 30.1. The Labute approximate surface area is 392 Å². The van der Waals surface area contributed by atoms with Gasteiger partial charge in [-0.05, 0) is 123 Å². The second-order valence-corrected chi connectivity index (χ2v) is 20.9. The Kier molecular flexibility index (Phi) is 19.2. The van der Waals surface area contributed by atoms with Gasteiger partial charge in [0.15, 0.2) is 5.11 Å². The summed E-state index contributed by atoms with van der Waals surface area (Å²) >= 11 is 5.57. The molecular weight excluding hydrogens is 859 g/mol. The summed E-state index contributed by atoms with van der Waals surface area (Å²) in [7, 11) is 5.42. The molecule has 1 aromatic carbocycles. The number of nitro groups is 1. The molecule has 18 heteroatoms. The number of non-ortho nitro benzene ring substituents is 1. The van der Waals surface area contributed by atoms with Gasteiger partial charge in [0, 0.05) is 69.5 Å². The minimum atomic E-state index is -1.86. The van der Waals surface area contributed by atoms with Crippen LogP contribution < -0.4 is 10.6 Å². The Morgan fingerprint density at radius 2 is 1.62 bits per heavy atom. The lowest BCUT2D eigenvalue weighted by Crippen LogP contribution is -2.60. The molecule has 4 unspecified atom stereocenters. The van der Waals surface area contributed by atoms with E-state index in [4.69, 9.17) is 31.2 Å². The molecule has 65 heavy (non-hydrogen) atoms. The van der Waals surface area contributed by atoms with Crippen LogP contribution in [0.2, 0.25) is 0 Å².